The molecule has 0 bridgehead atoms. The summed E-state index contributed by atoms with van der Waals surface area (Å²) in [6, 6.07) is 6.94. The Hall–Kier alpha value is -2.63. The van der Waals surface area contributed by atoms with Crippen molar-refractivity contribution in [3.8, 4) is 5.75 Å². The van der Waals surface area contributed by atoms with E-state index in [-0.39, 0.29) is 47.4 Å². The third-order valence-corrected chi connectivity index (χ3v) is 10.4. The quantitative estimate of drug-likeness (QED) is 0.490. The standard InChI is InChI=1S/C31H41NO5/c1-30-16-13-23(34)19-21(30)5-8-24-25-9-10-27(31(25,2)17-14-26(24)30)37-29(36)12-11-28(35)32-18-15-20-3-6-22(33)7-4-20/h3-4,6-7,19,24-27,33H,5,8-18H2,1-2H3,(H,32,35)/t24-,25+,26+,27+,30-,31-/m1/s1. The molecule has 0 unspecified atom stereocenters. The van der Waals surface area contributed by atoms with Crippen LogP contribution in [0.1, 0.15) is 83.6 Å². The highest BCUT2D eigenvalue weighted by Gasteiger charge is 2.59. The van der Waals surface area contributed by atoms with Crippen LogP contribution in [0.5, 0.6) is 5.75 Å². The van der Waals surface area contributed by atoms with Crippen LogP contribution in [-0.4, -0.2) is 35.4 Å². The van der Waals surface area contributed by atoms with Gasteiger partial charge < -0.3 is 15.2 Å². The fourth-order valence-corrected chi connectivity index (χ4v) is 8.24. The van der Waals surface area contributed by atoms with Crippen LogP contribution in [0.2, 0.25) is 0 Å². The Labute approximate surface area is 220 Å². The zero-order chi connectivity index (χ0) is 26.2. The van der Waals surface area contributed by atoms with Gasteiger partial charge in [0.15, 0.2) is 5.78 Å². The number of allylic oxidation sites excluding steroid dienone is 1. The first-order valence-corrected chi connectivity index (χ1v) is 14.2. The Morgan fingerprint density at radius 3 is 2.57 bits per heavy atom. The van der Waals surface area contributed by atoms with Gasteiger partial charge in [0.2, 0.25) is 5.91 Å². The molecule has 2 N–H and O–H groups in total. The van der Waals surface area contributed by atoms with E-state index in [2.05, 4.69) is 19.2 Å². The van der Waals surface area contributed by atoms with Crippen molar-refractivity contribution in [3.05, 3.63) is 41.5 Å². The highest BCUT2D eigenvalue weighted by atomic mass is 16.5. The van der Waals surface area contributed by atoms with Crippen LogP contribution >= 0.6 is 0 Å². The van der Waals surface area contributed by atoms with Crippen molar-refractivity contribution < 1.29 is 24.2 Å². The van der Waals surface area contributed by atoms with Gasteiger partial charge in [-0.1, -0.05) is 31.6 Å². The average molecular weight is 508 g/mol. The Bertz CT molecular complexity index is 1080. The highest BCUT2D eigenvalue weighted by Crippen LogP contribution is 2.65. The number of hydrogen-bond donors (Lipinski definition) is 2. The molecule has 4 aliphatic carbocycles. The summed E-state index contributed by atoms with van der Waals surface area (Å²) in [5.74, 6) is 1.93. The largest absolute Gasteiger partial charge is 0.508 e. The fourth-order valence-electron chi connectivity index (χ4n) is 8.24. The second-order valence-corrected chi connectivity index (χ2v) is 12.3. The van der Waals surface area contributed by atoms with Crippen LogP contribution in [0.15, 0.2) is 35.9 Å². The minimum atomic E-state index is -0.269. The van der Waals surface area contributed by atoms with Gasteiger partial charge in [0.1, 0.15) is 11.9 Å². The SMILES string of the molecule is C[C@@]12CC[C@H]3[C@H](CCC4=CC(=O)CC[C@]43C)[C@@H]1CC[C@@H]2OC(=O)CCC(=O)NCCc1ccc(O)cc1. The summed E-state index contributed by atoms with van der Waals surface area (Å²) < 4.78 is 6.05. The summed E-state index contributed by atoms with van der Waals surface area (Å²) >= 11 is 0. The van der Waals surface area contributed by atoms with Gasteiger partial charge in [0, 0.05) is 24.8 Å². The molecule has 1 aromatic rings. The summed E-state index contributed by atoms with van der Waals surface area (Å²) in [4.78, 5) is 37.1. The number of phenols is 1. The van der Waals surface area contributed by atoms with Gasteiger partial charge in [-0.25, -0.2) is 0 Å². The molecule has 5 rings (SSSR count). The lowest BCUT2D eigenvalue weighted by atomic mass is 9.47. The third kappa shape index (κ3) is 5.08. The Kier molecular flexibility index (Phi) is 7.21. The number of nitrogens with one attached hydrogen (secondary N) is 1. The van der Waals surface area contributed by atoms with Crippen molar-refractivity contribution in [1.29, 1.82) is 0 Å². The van der Waals surface area contributed by atoms with Crippen LogP contribution in [0.25, 0.3) is 0 Å². The van der Waals surface area contributed by atoms with E-state index < -0.39 is 0 Å². The average Bonchev–Trinajstić information content (AvgIpc) is 3.20. The van der Waals surface area contributed by atoms with Gasteiger partial charge in [0.25, 0.3) is 0 Å². The predicted octanol–water partition coefficient (Wildman–Crippen LogP) is 5.27. The van der Waals surface area contributed by atoms with Gasteiger partial charge >= 0.3 is 5.97 Å². The van der Waals surface area contributed by atoms with E-state index in [4.69, 9.17) is 4.74 Å². The molecule has 3 saturated carbocycles. The van der Waals surface area contributed by atoms with E-state index in [0.717, 1.165) is 50.5 Å². The number of hydrogen-bond acceptors (Lipinski definition) is 5. The number of benzene rings is 1. The van der Waals surface area contributed by atoms with Gasteiger partial charge in [0.05, 0.1) is 6.42 Å². The van der Waals surface area contributed by atoms with E-state index in [9.17, 15) is 19.5 Å². The first-order chi connectivity index (χ1) is 17.7. The van der Waals surface area contributed by atoms with Crippen molar-refractivity contribution in [2.75, 3.05) is 6.54 Å². The van der Waals surface area contributed by atoms with E-state index in [1.807, 2.05) is 18.2 Å². The maximum Gasteiger partial charge on any atom is 0.306 e. The fraction of sp³-hybridized carbons (Fsp3) is 0.645. The van der Waals surface area contributed by atoms with Gasteiger partial charge in [-0.05, 0) is 98.3 Å². The molecule has 37 heavy (non-hydrogen) atoms. The third-order valence-electron chi connectivity index (χ3n) is 10.4. The van der Waals surface area contributed by atoms with Crippen molar-refractivity contribution in [3.63, 3.8) is 0 Å². The number of ketones is 1. The molecule has 0 saturated heterocycles. The number of ether oxygens (including phenoxy) is 1. The van der Waals surface area contributed by atoms with Crippen molar-refractivity contribution >= 4 is 17.7 Å². The lowest BCUT2D eigenvalue weighted by Gasteiger charge is -2.57. The van der Waals surface area contributed by atoms with Crippen LogP contribution < -0.4 is 5.32 Å². The molecule has 0 spiro atoms. The number of amides is 1. The number of carbonyl (C=O) groups is 3. The minimum Gasteiger partial charge on any atom is -0.508 e. The van der Waals surface area contributed by atoms with E-state index in [0.29, 0.717) is 42.9 Å². The second kappa shape index (κ2) is 10.3. The summed E-state index contributed by atoms with van der Waals surface area (Å²) in [6.45, 7) is 5.22. The van der Waals surface area contributed by atoms with Crippen molar-refractivity contribution in [2.45, 2.75) is 90.6 Å². The molecular formula is C31H41NO5. The van der Waals surface area contributed by atoms with Gasteiger partial charge in [-0.2, -0.15) is 0 Å². The molecule has 0 aromatic heterocycles. The van der Waals surface area contributed by atoms with Crippen molar-refractivity contribution in [2.24, 2.45) is 28.6 Å². The first kappa shape index (κ1) is 26.0. The number of aromatic hydroxyl groups is 1. The predicted molar refractivity (Wildman–Crippen MR) is 141 cm³/mol. The zero-order valence-electron chi connectivity index (χ0n) is 22.3. The zero-order valence-corrected chi connectivity index (χ0v) is 22.3. The molecule has 6 heteroatoms. The Morgan fingerprint density at radius 2 is 1.78 bits per heavy atom. The topological polar surface area (TPSA) is 92.7 Å². The monoisotopic (exact) mass is 507 g/mol. The van der Waals surface area contributed by atoms with Gasteiger partial charge in [-0.15, -0.1) is 0 Å². The van der Waals surface area contributed by atoms with Crippen LogP contribution in [-0.2, 0) is 25.5 Å². The number of rotatable bonds is 7. The Morgan fingerprint density at radius 1 is 1.00 bits per heavy atom. The van der Waals surface area contributed by atoms with Crippen LogP contribution in [0.4, 0.5) is 0 Å². The number of esters is 1. The smallest absolute Gasteiger partial charge is 0.306 e. The second-order valence-electron chi connectivity index (χ2n) is 12.3. The normalized spacial score (nSPS) is 34.5. The van der Waals surface area contributed by atoms with E-state index in [1.165, 1.54) is 5.57 Å². The first-order valence-electron chi connectivity index (χ1n) is 14.2. The molecule has 3 fully saturated rings. The number of carbonyl (C=O) groups excluding carboxylic acids is 3. The molecule has 200 valence electrons. The molecule has 6 nitrogen and oxygen atoms in total. The molecule has 1 amide bonds. The summed E-state index contributed by atoms with van der Waals surface area (Å²) in [5, 5.41) is 12.2. The molecule has 0 heterocycles. The van der Waals surface area contributed by atoms with E-state index in [1.54, 1.807) is 12.1 Å². The maximum absolute atomic E-state index is 12.7. The molecular weight excluding hydrogens is 466 g/mol. The Balaban J connectivity index is 1.11. The van der Waals surface area contributed by atoms with Crippen LogP contribution in [0.3, 0.4) is 0 Å². The van der Waals surface area contributed by atoms with E-state index >= 15 is 0 Å². The van der Waals surface area contributed by atoms with Crippen LogP contribution in [0, 0.1) is 28.6 Å². The lowest BCUT2D eigenvalue weighted by molar-refractivity contribution is -0.160. The van der Waals surface area contributed by atoms with Gasteiger partial charge in [-0.3, -0.25) is 14.4 Å². The maximum atomic E-state index is 12.7. The minimum absolute atomic E-state index is 0.00523. The number of fused-ring (bicyclic) bond motifs is 5. The molecule has 0 aliphatic heterocycles. The molecule has 4 aliphatic rings. The summed E-state index contributed by atoms with van der Waals surface area (Å²) in [7, 11) is 0. The number of phenolic OH excluding ortho intramolecular Hbond substituents is 1. The highest BCUT2D eigenvalue weighted by molar-refractivity contribution is 5.91. The molecule has 0 radical (unpaired) electrons. The molecule has 1 aromatic carbocycles. The molecule has 6 atom stereocenters. The summed E-state index contributed by atoms with van der Waals surface area (Å²) in [6.07, 6.45) is 10.8. The lowest BCUT2D eigenvalue weighted by Crippen LogP contribution is -2.51. The summed E-state index contributed by atoms with van der Waals surface area (Å²) in [5.41, 5.74) is 2.58. The van der Waals surface area contributed by atoms with Crippen molar-refractivity contribution in [1.82, 2.24) is 5.32 Å².